The number of rotatable bonds is 3. The molecule has 0 bridgehead atoms. The van der Waals surface area contributed by atoms with Crippen molar-refractivity contribution >= 4 is 21.6 Å². The van der Waals surface area contributed by atoms with Crippen LogP contribution in [0.2, 0.25) is 0 Å². The lowest BCUT2D eigenvalue weighted by molar-refractivity contribution is 0.416. The quantitative estimate of drug-likeness (QED) is 0.866. The molecule has 0 heterocycles. The number of nitrogens with one attached hydrogen (secondary N) is 1. The van der Waals surface area contributed by atoms with Gasteiger partial charge in [-0.15, -0.1) is 0 Å². The van der Waals surface area contributed by atoms with E-state index in [-0.39, 0.29) is 0 Å². The molecule has 0 amide bonds. The van der Waals surface area contributed by atoms with Gasteiger partial charge in [0.15, 0.2) is 0 Å². The van der Waals surface area contributed by atoms with Crippen molar-refractivity contribution in [3.05, 3.63) is 57.6 Å². The van der Waals surface area contributed by atoms with Gasteiger partial charge in [0.2, 0.25) is 0 Å². The molecule has 0 saturated carbocycles. The number of anilines is 1. The molecule has 0 fully saturated rings. The van der Waals surface area contributed by atoms with Gasteiger partial charge in [0.1, 0.15) is 5.75 Å². The van der Waals surface area contributed by atoms with E-state index in [9.17, 15) is 0 Å². The second-order valence-corrected chi connectivity index (χ2v) is 6.20. The zero-order valence-electron chi connectivity index (χ0n) is 11.7. The third-order valence-corrected chi connectivity index (χ3v) is 4.36. The summed E-state index contributed by atoms with van der Waals surface area (Å²) in [5.41, 5.74) is 5.15. The summed E-state index contributed by atoms with van der Waals surface area (Å²) in [4.78, 5) is 0. The summed E-state index contributed by atoms with van der Waals surface area (Å²) in [5.74, 6) is 0.904. The molecular weight excluding hydrogens is 314 g/mol. The Hall–Kier alpha value is -1.48. The highest BCUT2D eigenvalue weighted by Crippen LogP contribution is 2.37. The number of aryl methyl sites for hydroxylation is 2. The topological polar surface area (TPSA) is 21.3 Å². The van der Waals surface area contributed by atoms with Crippen molar-refractivity contribution in [1.82, 2.24) is 0 Å². The molecule has 0 radical (unpaired) electrons. The highest BCUT2D eigenvalue weighted by atomic mass is 79.9. The molecule has 1 atom stereocenters. The van der Waals surface area contributed by atoms with Crippen LogP contribution in [0.4, 0.5) is 5.69 Å². The number of methoxy groups -OCH3 is 1. The summed E-state index contributed by atoms with van der Waals surface area (Å²) in [6.07, 6.45) is 2.25. The first-order valence-electron chi connectivity index (χ1n) is 6.87. The third-order valence-electron chi connectivity index (χ3n) is 3.87. The summed E-state index contributed by atoms with van der Waals surface area (Å²) >= 11 is 3.54. The zero-order chi connectivity index (χ0) is 14.1. The van der Waals surface area contributed by atoms with Gasteiger partial charge in [0, 0.05) is 4.47 Å². The zero-order valence-corrected chi connectivity index (χ0v) is 13.3. The Kier molecular flexibility index (Phi) is 3.70. The molecule has 2 aromatic carbocycles. The van der Waals surface area contributed by atoms with Crippen LogP contribution in [0, 0.1) is 6.92 Å². The lowest BCUT2D eigenvalue weighted by Gasteiger charge is -2.18. The van der Waals surface area contributed by atoms with Crippen molar-refractivity contribution in [2.75, 3.05) is 12.4 Å². The van der Waals surface area contributed by atoms with E-state index in [4.69, 9.17) is 4.74 Å². The average Bonchev–Trinajstić information content (AvgIpc) is 2.81. The lowest BCUT2D eigenvalue weighted by Crippen LogP contribution is -2.08. The van der Waals surface area contributed by atoms with Crippen LogP contribution in [0.5, 0.6) is 5.75 Å². The van der Waals surface area contributed by atoms with Crippen LogP contribution in [0.25, 0.3) is 0 Å². The minimum absolute atomic E-state index is 0.369. The molecule has 1 aliphatic rings. The van der Waals surface area contributed by atoms with Gasteiger partial charge in [0.05, 0.1) is 18.8 Å². The van der Waals surface area contributed by atoms with E-state index in [0.29, 0.717) is 6.04 Å². The maximum atomic E-state index is 5.45. The molecule has 2 nitrogen and oxygen atoms in total. The molecule has 2 aromatic rings. The minimum atomic E-state index is 0.369. The fourth-order valence-electron chi connectivity index (χ4n) is 2.86. The van der Waals surface area contributed by atoms with E-state index in [1.807, 2.05) is 6.07 Å². The molecule has 1 unspecified atom stereocenters. The fourth-order valence-corrected chi connectivity index (χ4v) is 3.27. The standard InChI is InChI=1S/C17H18BrNO/c1-11-3-8-17(20-2)16(9-11)19-15-7-4-12-10-13(18)5-6-14(12)15/h3,5-6,8-10,15,19H,4,7H2,1-2H3. The maximum absolute atomic E-state index is 5.45. The molecule has 104 valence electrons. The molecule has 3 rings (SSSR count). The SMILES string of the molecule is COc1ccc(C)cc1NC1CCc2cc(Br)ccc21. The number of benzene rings is 2. The van der Waals surface area contributed by atoms with Crippen LogP contribution in [-0.2, 0) is 6.42 Å². The van der Waals surface area contributed by atoms with E-state index >= 15 is 0 Å². The first-order chi connectivity index (χ1) is 9.67. The average molecular weight is 332 g/mol. The minimum Gasteiger partial charge on any atom is -0.495 e. The predicted octanol–water partition coefficient (Wildman–Crippen LogP) is 4.87. The Labute approximate surface area is 128 Å². The summed E-state index contributed by atoms with van der Waals surface area (Å²) < 4.78 is 6.61. The maximum Gasteiger partial charge on any atom is 0.141 e. The van der Waals surface area contributed by atoms with E-state index in [2.05, 4.69) is 58.5 Å². The van der Waals surface area contributed by atoms with Gasteiger partial charge >= 0.3 is 0 Å². The van der Waals surface area contributed by atoms with E-state index < -0.39 is 0 Å². The summed E-state index contributed by atoms with van der Waals surface area (Å²) in [6.45, 7) is 2.10. The van der Waals surface area contributed by atoms with Crippen LogP contribution in [0.3, 0.4) is 0 Å². The molecule has 20 heavy (non-hydrogen) atoms. The van der Waals surface area contributed by atoms with Crippen LogP contribution in [-0.4, -0.2) is 7.11 Å². The Morgan fingerprint density at radius 3 is 2.85 bits per heavy atom. The first kappa shape index (κ1) is 13.5. The molecule has 1 aliphatic carbocycles. The second kappa shape index (κ2) is 5.49. The number of fused-ring (bicyclic) bond motifs is 1. The van der Waals surface area contributed by atoms with E-state index in [1.165, 1.54) is 16.7 Å². The Morgan fingerprint density at radius 1 is 1.20 bits per heavy atom. The van der Waals surface area contributed by atoms with Gasteiger partial charge in [-0.1, -0.05) is 28.1 Å². The highest BCUT2D eigenvalue weighted by Gasteiger charge is 2.23. The number of hydrogen-bond donors (Lipinski definition) is 1. The van der Waals surface area contributed by atoms with Crippen molar-refractivity contribution in [2.24, 2.45) is 0 Å². The fraction of sp³-hybridized carbons (Fsp3) is 0.294. The van der Waals surface area contributed by atoms with Crippen molar-refractivity contribution in [3.63, 3.8) is 0 Å². The summed E-state index contributed by atoms with van der Waals surface area (Å²) in [5, 5.41) is 3.64. The van der Waals surface area contributed by atoms with E-state index in [1.54, 1.807) is 7.11 Å². The van der Waals surface area contributed by atoms with Crippen LogP contribution >= 0.6 is 15.9 Å². The Balaban J connectivity index is 1.89. The van der Waals surface area contributed by atoms with Gasteiger partial charge in [0.25, 0.3) is 0 Å². The van der Waals surface area contributed by atoms with Gasteiger partial charge in [-0.25, -0.2) is 0 Å². The normalized spacial score (nSPS) is 16.9. The van der Waals surface area contributed by atoms with Crippen LogP contribution < -0.4 is 10.1 Å². The Bertz CT molecular complexity index is 639. The van der Waals surface area contributed by atoms with Crippen LogP contribution in [0.15, 0.2) is 40.9 Å². The molecule has 0 saturated heterocycles. The first-order valence-corrected chi connectivity index (χ1v) is 7.66. The van der Waals surface area contributed by atoms with Gasteiger partial charge in [-0.05, 0) is 60.7 Å². The molecule has 3 heteroatoms. The molecule has 0 aromatic heterocycles. The summed E-state index contributed by atoms with van der Waals surface area (Å²) in [6, 6.07) is 13.2. The van der Waals surface area contributed by atoms with Crippen molar-refractivity contribution in [1.29, 1.82) is 0 Å². The molecule has 0 spiro atoms. The second-order valence-electron chi connectivity index (χ2n) is 5.28. The van der Waals surface area contributed by atoms with Crippen LogP contribution in [0.1, 0.15) is 29.2 Å². The van der Waals surface area contributed by atoms with E-state index in [0.717, 1.165) is 28.8 Å². The molecule has 1 N–H and O–H groups in total. The summed E-state index contributed by atoms with van der Waals surface area (Å²) in [7, 11) is 1.72. The van der Waals surface area contributed by atoms with Crippen molar-refractivity contribution in [3.8, 4) is 5.75 Å². The van der Waals surface area contributed by atoms with Gasteiger partial charge in [-0.3, -0.25) is 0 Å². The Morgan fingerprint density at radius 2 is 2.05 bits per heavy atom. The van der Waals surface area contributed by atoms with Gasteiger partial charge in [-0.2, -0.15) is 0 Å². The lowest BCUT2D eigenvalue weighted by atomic mass is 10.1. The predicted molar refractivity (Wildman–Crippen MR) is 86.6 cm³/mol. The third kappa shape index (κ3) is 2.55. The van der Waals surface area contributed by atoms with Crippen molar-refractivity contribution in [2.45, 2.75) is 25.8 Å². The smallest absolute Gasteiger partial charge is 0.141 e. The highest BCUT2D eigenvalue weighted by molar-refractivity contribution is 9.10. The van der Waals surface area contributed by atoms with Gasteiger partial charge < -0.3 is 10.1 Å². The molecular formula is C17H18BrNO. The number of ether oxygens (including phenoxy) is 1. The largest absolute Gasteiger partial charge is 0.495 e. The monoisotopic (exact) mass is 331 g/mol. The number of halogens is 1. The number of hydrogen-bond acceptors (Lipinski definition) is 2. The molecule has 0 aliphatic heterocycles. The van der Waals surface area contributed by atoms with Crippen molar-refractivity contribution < 1.29 is 4.74 Å².